The Morgan fingerprint density at radius 3 is 2.12 bits per heavy atom. The molecule has 2 aromatic carbocycles. The highest BCUT2D eigenvalue weighted by Crippen LogP contribution is 2.46. The summed E-state index contributed by atoms with van der Waals surface area (Å²) in [5.41, 5.74) is 5.08. The highest BCUT2D eigenvalue weighted by Gasteiger charge is 2.45. The van der Waals surface area contributed by atoms with E-state index in [1.54, 1.807) is 4.90 Å². The predicted molar refractivity (Wildman–Crippen MR) is 127 cm³/mol. The Morgan fingerprint density at radius 1 is 0.970 bits per heavy atom. The molecule has 1 N–H and O–H groups in total. The molecule has 5 heteroatoms. The van der Waals surface area contributed by atoms with Gasteiger partial charge in [0, 0.05) is 19.0 Å². The normalized spacial score (nSPS) is 24.4. The molecule has 0 aromatic heterocycles. The highest BCUT2D eigenvalue weighted by molar-refractivity contribution is 5.79. The van der Waals surface area contributed by atoms with Crippen LogP contribution >= 0.6 is 0 Å². The molecule has 1 saturated heterocycles. The van der Waals surface area contributed by atoms with Crippen LogP contribution in [-0.4, -0.2) is 41.8 Å². The highest BCUT2D eigenvalue weighted by atomic mass is 16.6. The number of ether oxygens (including phenoxy) is 1. The van der Waals surface area contributed by atoms with E-state index in [0.29, 0.717) is 17.9 Å². The summed E-state index contributed by atoms with van der Waals surface area (Å²) in [7, 11) is 0. The second-order valence-electron chi connectivity index (χ2n) is 10.8. The van der Waals surface area contributed by atoms with Gasteiger partial charge in [0.05, 0.1) is 5.92 Å². The molecule has 1 aliphatic heterocycles. The summed E-state index contributed by atoms with van der Waals surface area (Å²) in [6.07, 6.45) is 3.93. The van der Waals surface area contributed by atoms with Crippen LogP contribution in [0.5, 0.6) is 0 Å². The van der Waals surface area contributed by atoms with Crippen LogP contribution in [0.3, 0.4) is 0 Å². The topological polar surface area (TPSA) is 66.8 Å². The lowest BCUT2D eigenvalue weighted by molar-refractivity contribution is -0.143. The van der Waals surface area contributed by atoms with E-state index in [-0.39, 0.29) is 31.1 Å². The van der Waals surface area contributed by atoms with Crippen molar-refractivity contribution in [2.24, 2.45) is 23.2 Å². The third-order valence-electron chi connectivity index (χ3n) is 8.27. The molecular weight excluding hydrogens is 414 g/mol. The van der Waals surface area contributed by atoms with Crippen molar-refractivity contribution < 1.29 is 19.4 Å². The molecule has 5 nitrogen and oxygen atoms in total. The van der Waals surface area contributed by atoms with Crippen molar-refractivity contribution in [3.05, 3.63) is 59.7 Å². The number of carboxylic acids is 1. The van der Waals surface area contributed by atoms with Crippen LogP contribution in [0.1, 0.15) is 56.6 Å². The zero-order chi connectivity index (χ0) is 23.2. The first kappa shape index (κ1) is 22.0. The third kappa shape index (κ3) is 4.14. The van der Waals surface area contributed by atoms with Gasteiger partial charge < -0.3 is 14.7 Å². The summed E-state index contributed by atoms with van der Waals surface area (Å²) < 4.78 is 5.81. The maximum absolute atomic E-state index is 13.0. The zero-order valence-electron chi connectivity index (χ0n) is 19.5. The number of carbonyl (C=O) groups excluding carboxylic acids is 1. The summed E-state index contributed by atoms with van der Waals surface area (Å²) in [5.74, 6) is -0.907. The van der Waals surface area contributed by atoms with E-state index >= 15 is 0 Å². The summed E-state index contributed by atoms with van der Waals surface area (Å²) in [6.45, 7) is 5.57. The summed E-state index contributed by atoms with van der Waals surface area (Å²) in [6, 6.07) is 16.5. The molecule has 5 rings (SSSR count). The molecule has 3 aliphatic rings. The zero-order valence-corrected chi connectivity index (χ0v) is 19.5. The van der Waals surface area contributed by atoms with Gasteiger partial charge in [0.2, 0.25) is 0 Å². The number of rotatable bonds is 4. The molecule has 174 valence electrons. The fraction of sp³-hybridized carbons (Fsp3) is 0.500. The van der Waals surface area contributed by atoms with Crippen LogP contribution < -0.4 is 0 Å². The van der Waals surface area contributed by atoms with Crippen molar-refractivity contribution in [3.8, 4) is 11.1 Å². The van der Waals surface area contributed by atoms with Gasteiger partial charge in [-0.05, 0) is 65.2 Å². The second-order valence-corrected chi connectivity index (χ2v) is 10.8. The van der Waals surface area contributed by atoms with E-state index in [9.17, 15) is 14.7 Å². The van der Waals surface area contributed by atoms with Crippen LogP contribution in [0, 0.1) is 23.2 Å². The van der Waals surface area contributed by atoms with Crippen molar-refractivity contribution in [3.63, 3.8) is 0 Å². The quantitative estimate of drug-likeness (QED) is 0.645. The Bertz CT molecular complexity index is 1010. The first-order valence-electron chi connectivity index (χ1n) is 12.2. The van der Waals surface area contributed by atoms with Crippen LogP contribution in [0.4, 0.5) is 4.79 Å². The standard InChI is InChI=1S/C28H33NO4/c1-28(2)13-11-18(12-14-28)23-15-29(16-24(23)26(30)31)27(32)33-17-25-21-9-5-3-7-19(21)20-8-4-6-10-22(20)25/h3-10,18,23-25H,11-17H2,1-2H3,(H,30,31). The Balaban J connectivity index is 1.27. The number of amides is 1. The molecule has 2 atom stereocenters. The smallest absolute Gasteiger partial charge is 0.409 e. The lowest BCUT2D eigenvalue weighted by Crippen LogP contribution is -2.33. The summed E-state index contributed by atoms with van der Waals surface area (Å²) in [4.78, 5) is 26.7. The van der Waals surface area contributed by atoms with Gasteiger partial charge in [0.25, 0.3) is 0 Å². The van der Waals surface area contributed by atoms with Gasteiger partial charge in [-0.1, -0.05) is 62.4 Å². The monoisotopic (exact) mass is 447 g/mol. The molecule has 2 fully saturated rings. The Labute approximate surface area is 195 Å². The molecule has 1 amide bonds. The molecule has 2 aromatic rings. The van der Waals surface area contributed by atoms with Gasteiger partial charge in [0.15, 0.2) is 0 Å². The lowest BCUT2D eigenvalue weighted by atomic mass is 9.67. The maximum Gasteiger partial charge on any atom is 0.409 e. The van der Waals surface area contributed by atoms with Crippen LogP contribution in [0.25, 0.3) is 11.1 Å². The minimum absolute atomic E-state index is 0.00981. The lowest BCUT2D eigenvalue weighted by Gasteiger charge is -2.37. The Morgan fingerprint density at radius 2 is 1.55 bits per heavy atom. The van der Waals surface area contributed by atoms with Gasteiger partial charge in [0.1, 0.15) is 6.61 Å². The molecule has 33 heavy (non-hydrogen) atoms. The van der Waals surface area contributed by atoms with E-state index in [1.807, 2.05) is 24.3 Å². The van der Waals surface area contributed by atoms with Gasteiger partial charge in [-0.2, -0.15) is 0 Å². The largest absolute Gasteiger partial charge is 0.481 e. The van der Waals surface area contributed by atoms with Crippen molar-refractivity contribution in [2.45, 2.75) is 45.4 Å². The SMILES string of the molecule is CC1(C)CCC(C2CN(C(=O)OCC3c4ccccc4-c4ccccc43)CC2C(=O)O)CC1. The number of benzene rings is 2. The average molecular weight is 448 g/mol. The van der Waals surface area contributed by atoms with Crippen molar-refractivity contribution in [1.82, 2.24) is 4.90 Å². The number of hydrogen-bond donors (Lipinski definition) is 1. The minimum Gasteiger partial charge on any atom is -0.481 e. The molecule has 0 spiro atoms. The molecule has 2 unspecified atom stereocenters. The number of carbonyl (C=O) groups is 2. The minimum atomic E-state index is -0.793. The van der Waals surface area contributed by atoms with Gasteiger partial charge in [-0.25, -0.2) is 4.79 Å². The summed E-state index contributed by atoms with van der Waals surface area (Å²) >= 11 is 0. The molecule has 0 radical (unpaired) electrons. The molecule has 1 heterocycles. The Hall–Kier alpha value is -2.82. The van der Waals surface area contributed by atoms with Crippen LogP contribution in [0.2, 0.25) is 0 Å². The van der Waals surface area contributed by atoms with Crippen LogP contribution in [0.15, 0.2) is 48.5 Å². The molecule has 1 saturated carbocycles. The van der Waals surface area contributed by atoms with Gasteiger partial charge >= 0.3 is 12.1 Å². The molecule has 0 bridgehead atoms. The number of likely N-dealkylation sites (tertiary alicyclic amines) is 1. The number of aliphatic carboxylic acids is 1. The van der Waals surface area contributed by atoms with Crippen molar-refractivity contribution in [2.75, 3.05) is 19.7 Å². The van der Waals surface area contributed by atoms with E-state index < -0.39 is 11.9 Å². The van der Waals surface area contributed by atoms with E-state index in [4.69, 9.17) is 4.74 Å². The summed E-state index contributed by atoms with van der Waals surface area (Å²) in [5, 5.41) is 9.86. The first-order chi connectivity index (χ1) is 15.8. The average Bonchev–Trinajstić information content (AvgIpc) is 3.38. The van der Waals surface area contributed by atoms with E-state index in [1.165, 1.54) is 22.3 Å². The van der Waals surface area contributed by atoms with Crippen molar-refractivity contribution >= 4 is 12.1 Å². The van der Waals surface area contributed by atoms with Crippen LogP contribution in [-0.2, 0) is 9.53 Å². The first-order valence-corrected chi connectivity index (χ1v) is 12.2. The fourth-order valence-electron chi connectivity index (χ4n) is 6.25. The number of carboxylic acid groups (broad SMARTS) is 1. The maximum atomic E-state index is 13.0. The second kappa shape index (κ2) is 8.51. The van der Waals surface area contributed by atoms with E-state index in [0.717, 1.165) is 25.7 Å². The fourth-order valence-corrected chi connectivity index (χ4v) is 6.25. The third-order valence-corrected chi connectivity index (χ3v) is 8.27. The molecule has 2 aliphatic carbocycles. The van der Waals surface area contributed by atoms with Gasteiger partial charge in [-0.15, -0.1) is 0 Å². The number of nitrogens with zero attached hydrogens (tertiary/aromatic N) is 1. The number of hydrogen-bond acceptors (Lipinski definition) is 3. The van der Waals surface area contributed by atoms with E-state index in [2.05, 4.69) is 38.1 Å². The Kier molecular flexibility index (Phi) is 5.67. The van der Waals surface area contributed by atoms with Crippen molar-refractivity contribution in [1.29, 1.82) is 0 Å². The van der Waals surface area contributed by atoms with Gasteiger partial charge in [-0.3, -0.25) is 4.79 Å². The predicted octanol–water partition coefficient (Wildman–Crippen LogP) is 5.78. The molecular formula is C28H33NO4. The number of fused-ring (bicyclic) bond motifs is 3.